The molecule has 0 spiro atoms. The lowest BCUT2D eigenvalue weighted by atomic mass is 9.93. The molecule has 0 unspecified atom stereocenters. The number of benzene rings is 3. The monoisotopic (exact) mass is 278 g/mol. The van der Waals surface area contributed by atoms with Crippen LogP contribution < -0.4 is 0 Å². The van der Waals surface area contributed by atoms with Gasteiger partial charge >= 0.3 is 0 Å². The van der Waals surface area contributed by atoms with Crippen molar-refractivity contribution in [2.75, 3.05) is 0 Å². The predicted molar refractivity (Wildman–Crippen MR) is 87.3 cm³/mol. The molecule has 0 heterocycles. The van der Waals surface area contributed by atoms with E-state index in [0.717, 1.165) is 0 Å². The van der Waals surface area contributed by atoms with E-state index in [1.807, 2.05) is 0 Å². The van der Waals surface area contributed by atoms with E-state index in [4.69, 9.17) is 10.5 Å². The Morgan fingerprint density at radius 2 is 0.905 bits per heavy atom. The molecule has 2 N–H and O–H groups in total. The molecule has 0 aliphatic heterocycles. The van der Waals surface area contributed by atoms with Crippen molar-refractivity contribution >= 4 is 0 Å². The smallest absolute Gasteiger partial charge is 0.0149 e. The van der Waals surface area contributed by atoms with Crippen molar-refractivity contribution in [2.45, 2.75) is 6.92 Å². The molecule has 0 saturated carbocycles. The van der Waals surface area contributed by atoms with Crippen molar-refractivity contribution in [1.82, 2.24) is 0 Å². The molecule has 0 aliphatic carbocycles. The van der Waals surface area contributed by atoms with Crippen molar-refractivity contribution in [1.29, 1.82) is 0 Å². The van der Waals surface area contributed by atoms with E-state index in [0.29, 0.717) is 0 Å². The fourth-order valence-electron chi connectivity index (χ4n) is 2.50. The van der Waals surface area contributed by atoms with E-state index in [-0.39, 0.29) is 0 Å². The Balaban J connectivity index is 0.000000774. The topological polar surface area (TPSA) is 40.5 Å². The average molecular weight is 278 g/mol. The summed E-state index contributed by atoms with van der Waals surface area (Å²) in [5.41, 5.74) is 6.50. The third-order valence-electron chi connectivity index (χ3n) is 3.50. The van der Waals surface area contributed by atoms with E-state index in [1.54, 1.807) is 0 Å². The summed E-state index contributed by atoms with van der Waals surface area (Å²) in [7, 11) is 0. The zero-order chi connectivity index (χ0) is 15.1. The van der Waals surface area contributed by atoms with Crippen LogP contribution in [0.3, 0.4) is 0 Å². The standard InChI is InChI=1S/C19H16.H2O2/c1-15-18(16-9-4-2-5-10-16)13-8-14-19(15)17-11-6-3-7-12-17;1-2/h2-14H,1H3;1-2H. The molecule has 0 aliphatic rings. The van der Waals surface area contributed by atoms with Crippen LogP contribution in [0.15, 0.2) is 78.9 Å². The highest BCUT2D eigenvalue weighted by molar-refractivity contribution is 5.78. The summed E-state index contributed by atoms with van der Waals surface area (Å²) in [6, 6.07) is 27.6. The Morgan fingerprint density at radius 1 is 0.524 bits per heavy atom. The lowest BCUT2D eigenvalue weighted by Crippen LogP contribution is -1.87. The Bertz CT molecular complexity index is 619. The Labute approximate surface area is 124 Å². The minimum Gasteiger partial charge on any atom is -0.255 e. The SMILES string of the molecule is Cc1c(-c2ccccc2)cccc1-c1ccccc1.OO. The van der Waals surface area contributed by atoms with Gasteiger partial charge in [0.15, 0.2) is 0 Å². The molecule has 0 aromatic heterocycles. The number of rotatable bonds is 2. The minimum absolute atomic E-state index is 1.28. The summed E-state index contributed by atoms with van der Waals surface area (Å²) in [4.78, 5) is 0. The maximum Gasteiger partial charge on any atom is -0.0149 e. The van der Waals surface area contributed by atoms with Crippen molar-refractivity contribution in [3.05, 3.63) is 84.4 Å². The van der Waals surface area contributed by atoms with Gasteiger partial charge in [-0.2, -0.15) is 0 Å². The molecule has 3 aromatic carbocycles. The van der Waals surface area contributed by atoms with Gasteiger partial charge in [0.25, 0.3) is 0 Å². The van der Waals surface area contributed by atoms with Gasteiger partial charge in [-0.3, -0.25) is 10.5 Å². The molecule has 0 fully saturated rings. The first-order chi connectivity index (χ1) is 10.4. The lowest BCUT2D eigenvalue weighted by molar-refractivity contribution is -0.176. The molecule has 21 heavy (non-hydrogen) atoms. The first kappa shape index (κ1) is 15.0. The van der Waals surface area contributed by atoms with Crippen LogP contribution in [-0.4, -0.2) is 10.5 Å². The van der Waals surface area contributed by atoms with Crippen LogP contribution in [0.5, 0.6) is 0 Å². The quantitative estimate of drug-likeness (QED) is 0.490. The summed E-state index contributed by atoms with van der Waals surface area (Å²) in [5.74, 6) is 0. The average Bonchev–Trinajstić information content (AvgIpc) is 2.58. The summed E-state index contributed by atoms with van der Waals surface area (Å²) >= 11 is 0. The molecule has 0 bridgehead atoms. The maximum atomic E-state index is 6.00. The molecular weight excluding hydrogens is 260 g/mol. The predicted octanol–water partition coefficient (Wildman–Crippen LogP) is 5.35. The van der Waals surface area contributed by atoms with Gasteiger partial charge in [-0.05, 0) is 34.7 Å². The van der Waals surface area contributed by atoms with Crippen LogP contribution in [-0.2, 0) is 0 Å². The van der Waals surface area contributed by atoms with Crippen LogP contribution in [0, 0.1) is 6.92 Å². The molecule has 106 valence electrons. The summed E-state index contributed by atoms with van der Waals surface area (Å²) in [6.07, 6.45) is 0. The molecule has 0 amide bonds. The van der Waals surface area contributed by atoms with E-state index in [2.05, 4.69) is 85.8 Å². The summed E-state index contributed by atoms with van der Waals surface area (Å²) in [6.45, 7) is 2.20. The largest absolute Gasteiger partial charge is 0.255 e. The summed E-state index contributed by atoms with van der Waals surface area (Å²) < 4.78 is 0. The van der Waals surface area contributed by atoms with Gasteiger partial charge in [0.1, 0.15) is 0 Å². The van der Waals surface area contributed by atoms with E-state index in [9.17, 15) is 0 Å². The highest BCUT2D eigenvalue weighted by Crippen LogP contribution is 2.31. The molecule has 2 nitrogen and oxygen atoms in total. The number of hydrogen-bond acceptors (Lipinski definition) is 2. The fraction of sp³-hybridized carbons (Fsp3) is 0.0526. The zero-order valence-corrected chi connectivity index (χ0v) is 11.9. The van der Waals surface area contributed by atoms with Gasteiger partial charge in [0.2, 0.25) is 0 Å². The summed E-state index contributed by atoms with van der Waals surface area (Å²) in [5, 5.41) is 12.0. The highest BCUT2D eigenvalue weighted by atomic mass is 17.0. The van der Waals surface area contributed by atoms with Crippen LogP contribution >= 0.6 is 0 Å². The van der Waals surface area contributed by atoms with Gasteiger partial charge in [-0.15, -0.1) is 0 Å². The van der Waals surface area contributed by atoms with Crippen LogP contribution in [0.25, 0.3) is 22.3 Å². The molecule has 0 saturated heterocycles. The second-order valence-corrected chi connectivity index (χ2v) is 4.71. The van der Waals surface area contributed by atoms with Gasteiger partial charge in [0, 0.05) is 0 Å². The first-order valence-corrected chi connectivity index (χ1v) is 6.77. The van der Waals surface area contributed by atoms with Crippen molar-refractivity contribution in [3.63, 3.8) is 0 Å². The first-order valence-electron chi connectivity index (χ1n) is 6.77. The van der Waals surface area contributed by atoms with Gasteiger partial charge < -0.3 is 0 Å². The van der Waals surface area contributed by atoms with E-state index < -0.39 is 0 Å². The van der Waals surface area contributed by atoms with Crippen molar-refractivity contribution < 1.29 is 10.5 Å². The second kappa shape index (κ2) is 7.39. The third kappa shape index (κ3) is 3.37. The minimum atomic E-state index is 1.28. The molecule has 0 radical (unpaired) electrons. The molecule has 3 rings (SSSR count). The van der Waals surface area contributed by atoms with Gasteiger partial charge in [-0.1, -0.05) is 78.9 Å². The number of hydrogen-bond donors (Lipinski definition) is 2. The van der Waals surface area contributed by atoms with E-state index >= 15 is 0 Å². The van der Waals surface area contributed by atoms with Crippen LogP contribution in [0.1, 0.15) is 5.56 Å². The van der Waals surface area contributed by atoms with Crippen LogP contribution in [0.2, 0.25) is 0 Å². The molecule has 0 atom stereocenters. The second-order valence-electron chi connectivity index (χ2n) is 4.71. The molecule has 3 aromatic rings. The normalized spacial score (nSPS) is 9.67. The Morgan fingerprint density at radius 3 is 1.29 bits per heavy atom. The highest BCUT2D eigenvalue weighted by Gasteiger charge is 2.06. The molecule has 2 heteroatoms. The van der Waals surface area contributed by atoms with Gasteiger partial charge in [0.05, 0.1) is 0 Å². The third-order valence-corrected chi connectivity index (χ3v) is 3.50. The van der Waals surface area contributed by atoms with Gasteiger partial charge in [-0.25, -0.2) is 0 Å². The fourth-order valence-corrected chi connectivity index (χ4v) is 2.50. The van der Waals surface area contributed by atoms with Crippen LogP contribution in [0.4, 0.5) is 0 Å². The lowest BCUT2D eigenvalue weighted by Gasteiger charge is -2.11. The van der Waals surface area contributed by atoms with Crippen molar-refractivity contribution in [2.24, 2.45) is 0 Å². The maximum absolute atomic E-state index is 6.00. The Kier molecular flexibility index (Phi) is 5.27. The zero-order valence-electron chi connectivity index (χ0n) is 11.9. The Hall–Kier alpha value is -2.42. The van der Waals surface area contributed by atoms with E-state index in [1.165, 1.54) is 27.8 Å². The van der Waals surface area contributed by atoms with Crippen molar-refractivity contribution in [3.8, 4) is 22.3 Å². The molecular formula is C19H18O2.